The average Bonchev–Trinajstić information content (AvgIpc) is 2.76. The second kappa shape index (κ2) is 2.70. The molecular weight excluding hydrogens is 169 g/mol. The molecule has 3 N–H and O–H groups in total. The highest BCUT2D eigenvalue weighted by atomic mass is 19.1. The first kappa shape index (κ1) is 8.51. The number of phenols is 1. The Morgan fingerprint density at radius 2 is 2.15 bits per heavy atom. The molecule has 1 fully saturated rings. The number of hydrogen-bond donors (Lipinski definition) is 2. The van der Waals surface area contributed by atoms with Crippen molar-refractivity contribution in [3.63, 3.8) is 0 Å². The molecule has 0 bridgehead atoms. The molecule has 1 aliphatic carbocycles. The lowest BCUT2D eigenvalue weighted by molar-refractivity contribution is 0.460. The fourth-order valence-corrected chi connectivity index (χ4v) is 1.41. The summed E-state index contributed by atoms with van der Waals surface area (Å²) in [7, 11) is 0. The minimum absolute atomic E-state index is 0.137. The van der Waals surface area contributed by atoms with Gasteiger partial charge in [0.05, 0.1) is 0 Å². The lowest BCUT2D eigenvalue weighted by Crippen LogP contribution is -2.24. The predicted molar refractivity (Wildman–Crippen MR) is 47.9 cm³/mol. The standard InChI is InChI=1S/C10H12FNO/c11-8-1-2-9(13)7(5-8)6-10(12)3-4-10/h1-2,5,13H,3-4,6,12H2. The highest BCUT2D eigenvalue weighted by Crippen LogP contribution is 2.37. The van der Waals surface area contributed by atoms with Crippen LogP contribution in [0.5, 0.6) is 5.75 Å². The molecule has 2 nitrogen and oxygen atoms in total. The third-order valence-electron chi connectivity index (χ3n) is 2.48. The maximum absolute atomic E-state index is 12.8. The first-order chi connectivity index (χ1) is 6.09. The lowest BCUT2D eigenvalue weighted by atomic mass is 10.0. The summed E-state index contributed by atoms with van der Waals surface area (Å²) in [4.78, 5) is 0. The van der Waals surface area contributed by atoms with Crippen LogP contribution in [0.2, 0.25) is 0 Å². The molecule has 0 saturated heterocycles. The smallest absolute Gasteiger partial charge is 0.123 e. The van der Waals surface area contributed by atoms with Gasteiger partial charge in [-0.25, -0.2) is 4.39 Å². The summed E-state index contributed by atoms with van der Waals surface area (Å²) in [5.74, 6) is -0.185. The Kier molecular flexibility index (Phi) is 1.77. The number of phenolic OH excluding ortho intramolecular Hbond substituents is 1. The van der Waals surface area contributed by atoms with Gasteiger partial charge in [-0.1, -0.05) is 0 Å². The summed E-state index contributed by atoms with van der Waals surface area (Å²) in [6.45, 7) is 0. The number of nitrogens with two attached hydrogens (primary N) is 1. The van der Waals surface area contributed by atoms with Crippen molar-refractivity contribution in [1.82, 2.24) is 0 Å². The van der Waals surface area contributed by atoms with Crippen LogP contribution in [0.1, 0.15) is 18.4 Å². The van der Waals surface area contributed by atoms with Crippen LogP contribution in [-0.4, -0.2) is 10.6 Å². The largest absolute Gasteiger partial charge is 0.508 e. The molecule has 3 heteroatoms. The fraction of sp³-hybridized carbons (Fsp3) is 0.400. The topological polar surface area (TPSA) is 46.2 Å². The van der Waals surface area contributed by atoms with Gasteiger partial charge in [0, 0.05) is 5.54 Å². The van der Waals surface area contributed by atoms with E-state index in [1.165, 1.54) is 18.2 Å². The molecule has 2 rings (SSSR count). The van der Waals surface area contributed by atoms with Crippen LogP contribution < -0.4 is 5.73 Å². The third-order valence-corrected chi connectivity index (χ3v) is 2.48. The second-order valence-corrected chi connectivity index (χ2v) is 3.81. The fourth-order valence-electron chi connectivity index (χ4n) is 1.41. The van der Waals surface area contributed by atoms with Crippen molar-refractivity contribution in [2.45, 2.75) is 24.8 Å². The number of rotatable bonds is 2. The number of halogens is 1. The van der Waals surface area contributed by atoms with Crippen LogP contribution in [0.3, 0.4) is 0 Å². The minimum Gasteiger partial charge on any atom is -0.508 e. The zero-order chi connectivity index (χ0) is 9.47. The minimum atomic E-state index is -0.322. The zero-order valence-corrected chi connectivity index (χ0v) is 7.26. The van der Waals surface area contributed by atoms with Gasteiger partial charge in [0.2, 0.25) is 0 Å². The van der Waals surface area contributed by atoms with Crippen LogP contribution in [0, 0.1) is 5.82 Å². The zero-order valence-electron chi connectivity index (χ0n) is 7.26. The van der Waals surface area contributed by atoms with Crippen molar-refractivity contribution in [2.75, 3.05) is 0 Å². The van der Waals surface area contributed by atoms with E-state index in [0.29, 0.717) is 12.0 Å². The molecule has 0 aromatic heterocycles. The molecule has 1 aromatic carbocycles. The van der Waals surface area contributed by atoms with Gasteiger partial charge < -0.3 is 10.8 Å². The molecule has 1 saturated carbocycles. The molecule has 0 atom stereocenters. The Morgan fingerprint density at radius 3 is 2.77 bits per heavy atom. The second-order valence-electron chi connectivity index (χ2n) is 3.81. The molecule has 0 amide bonds. The highest BCUT2D eigenvalue weighted by molar-refractivity contribution is 5.35. The van der Waals surface area contributed by atoms with E-state index in [1.54, 1.807) is 0 Å². The number of aromatic hydroxyl groups is 1. The summed E-state index contributed by atoms with van der Waals surface area (Å²) in [6.07, 6.45) is 2.49. The van der Waals surface area contributed by atoms with Gasteiger partial charge in [-0.2, -0.15) is 0 Å². The summed E-state index contributed by atoms with van der Waals surface area (Å²) < 4.78 is 12.8. The Morgan fingerprint density at radius 1 is 1.46 bits per heavy atom. The van der Waals surface area contributed by atoms with Crippen LogP contribution in [0.4, 0.5) is 4.39 Å². The van der Waals surface area contributed by atoms with E-state index < -0.39 is 0 Å². The number of benzene rings is 1. The first-order valence-corrected chi connectivity index (χ1v) is 4.35. The molecule has 0 radical (unpaired) electrons. The summed E-state index contributed by atoms with van der Waals surface area (Å²) in [5, 5.41) is 9.40. The normalized spacial score (nSPS) is 18.6. The predicted octanol–water partition coefficient (Wildman–Crippen LogP) is 1.57. The van der Waals surface area contributed by atoms with Crippen molar-refractivity contribution < 1.29 is 9.50 Å². The molecule has 0 unspecified atom stereocenters. The van der Waals surface area contributed by atoms with E-state index in [9.17, 15) is 9.50 Å². The van der Waals surface area contributed by atoms with E-state index >= 15 is 0 Å². The molecule has 0 aliphatic heterocycles. The molecule has 0 spiro atoms. The summed E-state index contributed by atoms with van der Waals surface area (Å²) in [6, 6.07) is 3.97. The molecule has 1 aromatic rings. The molecular formula is C10H12FNO. The van der Waals surface area contributed by atoms with Crippen LogP contribution in [-0.2, 0) is 6.42 Å². The van der Waals surface area contributed by atoms with Crippen molar-refractivity contribution >= 4 is 0 Å². The van der Waals surface area contributed by atoms with Gasteiger partial charge in [-0.05, 0) is 43.0 Å². The first-order valence-electron chi connectivity index (χ1n) is 4.35. The van der Waals surface area contributed by atoms with E-state index in [0.717, 1.165) is 12.8 Å². The van der Waals surface area contributed by atoms with Gasteiger partial charge in [0.15, 0.2) is 0 Å². The van der Waals surface area contributed by atoms with E-state index in [2.05, 4.69) is 0 Å². The maximum atomic E-state index is 12.8. The van der Waals surface area contributed by atoms with Gasteiger partial charge in [-0.3, -0.25) is 0 Å². The van der Waals surface area contributed by atoms with E-state index in [1.807, 2.05) is 0 Å². The van der Waals surface area contributed by atoms with Crippen molar-refractivity contribution in [2.24, 2.45) is 5.73 Å². The van der Waals surface area contributed by atoms with Crippen LogP contribution in [0.15, 0.2) is 18.2 Å². The Bertz CT molecular complexity index is 334. The van der Waals surface area contributed by atoms with Gasteiger partial charge in [-0.15, -0.1) is 0 Å². The maximum Gasteiger partial charge on any atom is 0.123 e. The average molecular weight is 181 g/mol. The van der Waals surface area contributed by atoms with Crippen molar-refractivity contribution in [3.8, 4) is 5.75 Å². The van der Waals surface area contributed by atoms with Crippen molar-refractivity contribution in [3.05, 3.63) is 29.6 Å². The Hall–Kier alpha value is -1.09. The van der Waals surface area contributed by atoms with Crippen LogP contribution in [0.25, 0.3) is 0 Å². The Labute approximate surface area is 76.2 Å². The summed E-state index contributed by atoms with van der Waals surface area (Å²) in [5.41, 5.74) is 6.29. The highest BCUT2D eigenvalue weighted by Gasteiger charge is 2.38. The molecule has 70 valence electrons. The quantitative estimate of drug-likeness (QED) is 0.727. The molecule has 1 aliphatic rings. The lowest BCUT2D eigenvalue weighted by Gasteiger charge is -2.09. The van der Waals surface area contributed by atoms with Gasteiger partial charge in [0.25, 0.3) is 0 Å². The molecule has 13 heavy (non-hydrogen) atoms. The SMILES string of the molecule is NC1(Cc2cc(F)ccc2O)CC1. The number of hydrogen-bond acceptors (Lipinski definition) is 2. The summed E-state index contributed by atoms with van der Waals surface area (Å²) >= 11 is 0. The Balaban J connectivity index is 2.23. The van der Waals surface area contributed by atoms with Gasteiger partial charge >= 0.3 is 0 Å². The monoisotopic (exact) mass is 181 g/mol. The van der Waals surface area contributed by atoms with Crippen molar-refractivity contribution in [1.29, 1.82) is 0 Å². The third kappa shape index (κ3) is 1.80. The van der Waals surface area contributed by atoms with Gasteiger partial charge in [0.1, 0.15) is 11.6 Å². The van der Waals surface area contributed by atoms with E-state index in [-0.39, 0.29) is 17.1 Å². The van der Waals surface area contributed by atoms with Crippen LogP contribution >= 0.6 is 0 Å². The molecule has 0 heterocycles. The van der Waals surface area contributed by atoms with E-state index in [4.69, 9.17) is 5.73 Å².